The first-order chi connectivity index (χ1) is 10.2. The molecule has 3 rings (SSSR count). The predicted molar refractivity (Wildman–Crippen MR) is 86.0 cm³/mol. The van der Waals surface area contributed by atoms with Crippen molar-refractivity contribution in [2.45, 2.75) is 19.8 Å². The molecule has 7 heteroatoms. The fraction of sp³-hybridized carbons (Fsp3) is 0.571. The average molecular weight is 374 g/mol. The van der Waals surface area contributed by atoms with Gasteiger partial charge in [0.15, 0.2) is 5.15 Å². The first-order valence-electron chi connectivity index (χ1n) is 7.21. The van der Waals surface area contributed by atoms with Crippen LogP contribution in [0.5, 0.6) is 5.88 Å². The molecule has 114 valence electrons. The third-order valence-electron chi connectivity index (χ3n) is 3.95. The van der Waals surface area contributed by atoms with E-state index in [1.54, 1.807) is 12.5 Å². The van der Waals surface area contributed by atoms with E-state index in [0.717, 1.165) is 18.6 Å². The van der Waals surface area contributed by atoms with E-state index < -0.39 is 0 Å². The van der Waals surface area contributed by atoms with Gasteiger partial charge in [-0.3, -0.25) is 4.40 Å². The molecule has 0 aromatic carbocycles. The van der Waals surface area contributed by atoms with Gasteiger partial charge in [0.1, 0.15) is 16.4 Å². The lowest BCUT2D eigenvalue weighted by atomic mass is 9.99. The standard InChI is InChI=1S/C14H18BrClN4O/c1-2-19-5-3-4-10(7-19)8-21-14-11-6-17-9-20(11)12(15)13(16)18-14/h6,9-10H,2-5,7-8H2,1H3/t10-/m1/s1. The minimum Gasteiger partial charge on any atom is -0.476 e. The molecule has 21 heavy (non-hydrogen) atoms. The van der Waals surface area contributed by atoms with Gasteiger partial charge in [0, 0.05) is 12.5 Å². The van der Waals surface area contributed by atoms with Crippen LogP contribution in [0.25, 0.3) is 5.52 Å². The molecule has 1 atom stereocenters. The van der Waals surface area contributed by atoms with Gasteiger partial charge in [0.25, 0.3) is 0 Å². The highest BCUT2D eigenvalue weighted by atomic mass is 79.9. The van der Waals surface area contributed by atoms with E-state index in [9.17, 15) is 0 Å². The topological polar surface area (TPSA) is 42.7 Å². The Morgan fingerprint density at radius 2 is 2.38 bits per heavy atom. The Balaban J connectivity index is 1.73. The summed E-state index contributed by atoms with van der Waals surface area (Å²) in [5.74, 6) is 1.10. The minimum absolute atomic E-state index is 0.384. The lowest BCUT2D eigenvalue weighted by molar-refractivity contribution is 0.133. The Bertz CT molecular complexity index is 633. The van der Waals surface area contributed by atoms with Crippen LogP contribution in [0.15, 0.2) is 17.1 Å². The van der Waals surface area contributed by atoms with E-state index in [0.29, 0.717) is 28.2 Å². The summed E-state index contributed by atoms with van der Waals surface area (Å²) in [6, 6.07) is 0. The number of ether oxygens (including phenoxy) is 1. The Morgan fingerprint density at radius 3 is 3.19 bits per heavy atom. The van der Waals surface area contributed by atoms with Gasteiger partial charge in [-0.2, -0.15) is 4.98 Å². The summed E-state index contributed by atoms with van der Waals surface area (Å²) in [6.45, 7) is 6.27. The molecule has 0 N–H and O–H groups in total. The van der Waals surface area contributed by atoms with Crippen molar-refractivity contribution >= 4 is 33.0 Å². The summed E-state index contributed by atoms with van der Waals surface area (Å²) in [6.07, 6.45) is 5.87. The number of hydrogen-bond acceptors (Lipinski definition) is 4. The smallest absolute Gasteiger partial charge is 0.241 e. The number of fused-ring (bicyclic) bond motifs is 1. The first kappa shape index (κ1) is 15.1. The molecule has 2 aromatic rings. The van der Waals surface area contributed by atoms with Crippen LogP contribution in [-0.2, 0) is 0 Å². The highest BCUT2D eigenvalue weighted by Gasteiger charge is 2.20. The van der Waals surface area contributed by atoms with Crippen molar-refractivity contribution in [3.05, 3.63) is 22.3 Å². The molecule has 0 aliphatic carbocycles. The number of halogens is 2. The minimum atomic E-state index is 0.384. The molecule has 0 unspecified atom stereocenters. The first-order valence-corrected chi connectivity index (χ1v) is 8.38. The maximum Gasteiger partial charge on any atom is 0.241 e. The van der Waals surface area contributed by atoms with Gasteiger partial charge in [-0.1, -0.05) is 18.5 Å². The Morgan fingerprint density at radius 1 is 1.52 bits per heavy atom. The molecule has 5 nitrogen and oxygen atoms in total. The van der Waals surface area contributed by atoms with Gasteiger partial charge in [0.05, 0.1) is 12.8 Å². The third-order valence-corrected chi connectivity index (χ3v) is 5.19. The van der Waals surface area contributed by atoms with Crippen LogP contribution in [0.1, 0.15) is 19.8 Å². The normalized spacial score (nSPS) is 20.0. The molecule has 1 aliphatic rings. The van der Waals surface area contributed by atoms with Crippen molar-refractivity contribution in [3.8, 4) is 5.88 Å². The van der Waals surface area contributed by atoms with Crippen molar-refractivity contribution in [1.82, 2.24) is 19.3 Å². The van der Waals surface area contributed by atoms with Crippen LogP contribution in [0, 0.1) is 5.92 Å². The van der Waals surface area contributed by atoms with Crippen LogP contribution in [-0.4, -0.2) is 45.5 Å². The Kier molecular flexibility index (Phi) is 4.66. The molecule has 0 bridgehead atoms. The zero-order chi connectivity index (χ0) is 14.8. The predicted octanol–water partition coefficient (Wildman–Crippen LogP) is 3.26. The summed E-state index contributed by atoms with van der Waals surface area (Å²) < 4.78 is 8.47. The third kappa shape index (κ3) is 3.17. The van der Waals surface area contributed by atoms with Gasteiger partial charge in [0.2, 0.25) is 5.88 Å². The summed E-state index contributed by atoms with van der Waals surface area (Å²) in [4.78, 5) is 10.9. The van der Waals surface area contributed by atoms with Gasteiger partial charge in [-0.25, -0.2) is 4.98 Å². The molecular formula is C14H18BrClN4O. The highest BCUT2D eigenvalue weighted by Crippen LogP contribution is 2.28. The molecular weight excluding hydrogens is 356 g/mol. The zero-order valence-electron chi connectivity index (χ0n) is 11.9. The van der Waals surface area contributed by atoms with Crippen LogP contribution in [0.4, 0.5) is 0 Å². The van der Waals surface area contributed by atoms with Crippen molar-refractivity contribution in [3.63, 3.8) is 0 Å². The molecule has 0 spiro atoms. The number of hydrogen-bond donors (Lipinski definition) is 0. The van der Waals surface area contributed by atoms with E-state index in [4.69, 9.17) is 16.3 Å². The lowest BCUT2D eigenvalue weighted by Gasteiger charge is -2.31. The highest BCUT2D eigenvalue weighted by molar-refractivity contribution is 9.10. The van der Waals surface area contributed by atoms with Gasteiger partial charge < -0.3 is 9.64 Å². The number of rotatable bonds is 4. The second-order valence-corrected chi connectivity index (χ2v) is 6.47. The van der Waals surface area contributed by atoms with Gasteiger partial charge in [-0.05, 0) is 41.9 Å². The van der Waals surface area contributed by atoms with Crippen molar-refractivity contribution in [2.24, 2.45) is 5.92 Å². The molecule has 3 heterocycles. The van der Waals surface area contributed by atoms with Crippen LogP contribution in [0.3, 0.4) is 0 Å². The second-order valence-electron chi connectivity index (χ2n) is 5.36. The van der Waals surface area contributed by atoms with Gasteiger partial charge in [-0.15, -0.1) is 0 Å². The summed E-state index contributed by atoms with van der Waals surface area (Å²) in [7, 11) is 0. The number of likely N-dealkylation sites (tertiary alicyclic amines) is 1. The lowest BCUT2D eigenvalue weighted by Crippen LogP contribution is -2.37. The summed E-state index contributed by atoms with van der Waals surface area (Å²) >= 11 is 9.53. The van der Waals surface area contributed by atoms with E-state index in [2.05, 4.69) is 37.7 Å². The zero-order valence-corrected chi connectivity index (χ0v) is 14.3. The molecule has 1 fully saturated rings. The number of nitrogens with zero attached hydrogens (tertiary/aromatic N) is 4. The van der Waals surface area contributed by atoms with Crippen LogP contribution < -0.4 is 4.74 Å². The van der Waals surface area contributed by atoms with Crippen molar-refractivity contribution < 1.29 is 4.74 Å². The fourth-order valence-electron chi connectivity index (χ4n) is 2.78. The number of imidazole rings is 1. The quantitative estimate of drug-likeness (QED) is 0.825. The van der Waals surface area contributed by atoms with E-state index >= 15 is 0 Å². The van der Waals surface area contributed by atoms with Crippen LogP contribution >= 0.6 is 27.5 Å². The van der Waals surface area contributed by atoms with E-state index in [1.165, 1.54) is 19.4 Å². The number of piperidine rings is 1. The average Bonchev–Trinajstić information content (AvgIpc) is 2.99. The largest absolute Gasteiger partial charge is 0.476 e. The van der Waals surface area contributed by atoms with Crippen LogP contribution in [0.2, 0.25) is 5.15 Å². The summed E-state index contributed by atoms with van der Waals surface area (Å²) in [5, 5.41) is 0.384. The Labute approximate surface area is 137 Å². The van der Waals surface area contributed by atoms with Crippen molar-refractivity contribution in [1.29, 1.82) is 0 Å². The second kappa shape index (κ2) is 6.50. The molecule has 0 saturated carbocycles. The van der Waals surface area contributed by atoms with Gasteiger partial charge >= 0.3 is 0 Å². The maximum absolute atomic E-state index is 6.12. The monoisotopic (exact) mass is 372 g/mol. The van der Waals surface area contributed by atoms with Crippen molar-refractivity contribution in [2.75, 3.05) is 26.2 Å². The molecule has 1 saturated heterocycles. The van der Waals surface area contributed by atoms with E-state index in [-0.39, 0.29) is 0 Å². The fourth-order valence-corrected chi connectivity index (χ4v) is 3.32. The maximum atomic E-state index is 6.12. The molecule has 0 radical (unpaired) electrons. The summed E-state index contributed by atoms with van der Waals surface area (Å²) in [5.41, 5.74) is 0.828. The molecule has 0 amide bonds. The Hall–Kier alpha value is -0.850. The molecule has 1 aliphatic heterocycles. The van der Waals surface area contributed by atoms with E-state index in [1.807, 2.05) is 4.40 Å². The number of aromatic nitrogens is 3. The molecule has 2 aromatic heterocycles. The SMILES string of the molecule is CCN1CCC[C@@H](COc2nc(Cl)c(Br)n3cncc23)C1.